The zero-order chi connectivity index (χ0) is 11.3. The fourth-order valence-corrected chi connectivity index (χ4v) is 1.24. The Balaban J connectivity index is 2.67. The Morgan fingerprint density at radius 1 is 1.47 bits per heavy atom. The fraction of sp³-hybridized carbons (Fsp3) is 0.200. The van der Waals surface area contributed by atoms with Crippen molar-refractivity contribution in [2.45, 2.75) is 12.5 Å². The van der Waals surface area contributed by atoms with Crippen LogP contribution in [-0.2, 0) is 11.2 Å². The minimum Gasteiger partial charge on any atom is -0.480 e. The normalized spacial score (nSPS) is 11.7. The van der Waals surface area contributed by atoms with E-state index in [4.69, 9.17) is 16.2 Å². The summed E-state index contributed by atoms with van der Waals surface area (Å²) in [5, 5.41) is 18.2. The van der Waals surface area contributed by atoms with E-state index in [9.17, 15) is 4.79 Å². The SMILES string of the molecule is N=C(N)N[C@@H](Cc1ccccc1)C(=O)O. The molecule has 0 unspecified atom stereocenters. The lowest BCUT2D eigenvalue weighted by atomic mass is 10.1. The Labute approximate surface area is 87.4 Å². The third-order valence-corrected chi connectivity index (χ3v) is 1.91. The van der Waals surface area contributed by atoms with Gasteiger partial charge in [-0.3, -0.25) is 5.41 Å². The highest BCUT2D eigenvalue weighted by Gasteiger charge is 2.17. The van der Waals surface area contributed by atoms with Crippen LogP contribution >= 0.6 is 0 Å². The number of carboxylic acids is 1. The zero-order valence-corrected chi connectivity index (χ0v) is 8.10. The second kappa shape index (κ2) is 4.99. The lowest BCUT2D eigenvalue weighted by molar-refractivity contribution is -0.139. The average molecular weight is 207 g/mol. The van der Waals surface area contributed by atoms with E-state index in [1.54, 1.807) is 0 Å². The number of nitrogens with one attached hydrogen (secondary N) is 2. The Bertz CT molecular complexity index is 351. The predicted octanol–water partition coefficient (Wildman–Crippen LogP) is 0.165. The molecule has 0 bridgehead atoms. The van der Waals surface area contributed by atoms with Crippen molar-refractivity contribution in [1.82, 2.24) is 5.32 Å². The van der Waals surface area contributed by atoms with E-state index in [0.29, 0.717) is 6.42 Å². The number of rotatable bonds is 4. The van der Waals surface area contributed by atoms with Gasteiger partial charge in [0.05, 0.1) is 0 Å². The van der Waals surface area contributed by atoms with Crippen LogP contribution in [0.3, 0.4) is 0 Å². The quantitative estimate of drug-likeness (QED) is 0.417. The van der Waals surface area contributed by atoms with Crippen LogP contribution < -0.4 is 11.1 Å². The summed E-state index contributed by atoms with van der Waals surface area (Å²) >= 11 is 0. The highest BCUT2D eigenvalue weighted by Crippen LogP contribution is 2.03. The molecule has 1 rings (SSSR count). The smallest absolute Gasteiger partial charge is 0.326 e. The van der Waals surface area contributed by atoms with E-state index < -0.39 is 12.0 Å². The summed E-state index contributed by atoms with van der Waals surface area (Å²) in [6, 6.07) is 8.34. The van der Waals surface area contributed by atoms with Crippen LogP contribution in [0.15, 0.2) is 30.3 Å². The number of nitrogens with two attached hydrogens (primary N) is 1. The van der Waals surface area contributed by atoms with Gasteiger partial charge in [0.2, 0.25) is 0 Å². The predicted molar refractivity (Wildman–Crippen MR) is 56.6 cm³/mol. The van der Waals surface area contributed by atoms with Crippen molar-refractivity contribution in [2.75, 3.05) is 0 Å². The van der Waals surface area contributed by atoms with Crippen LogP contribution in [0, 0.1) is 5.41 Å². The third-order valence-electron chi connectivity index (χ3n) is 1.91. The van der Waals surface area contributed by atoms with E-state index in [1.807, 2.05) is 30.3 Å². The van der Waals surface area contributed by atoms with Crippen LogP contribution in [-0.4, -0.2) is 23.1 Å². The molecule has 0 spiro atoms. The Morgan fingerprint density at radius 2 is 2.07 bits per heavy atom. The number of carbonyl (C=O) groups is 1. The minimum atomic E-state index is -1.02. The van der Waals surface area contributed by atoms with Crippen molar-refractivity contribution in [1.29, 1.82) is 5.41 Å². The molecule has 1 aromatic carbocycles. The van der Waals surface area contributed by atoms with E-state index in [0.717, 1.165) is 5.56 Å². The van der Waals surface area contributed by atoms with Gasteiger partial charge in [0.15, 0.2) is 5.96 Å². The second-order valence-corrected chi connectivity index (χ2v) is 3.14. The van der Waals surface area contributed by atoms with Gasteiger partial charge in [-0.05, 0) is 5.56 Å². The summed E-state index contributed by atoms with van der Waals surface area (Å²) in [5.41, 5.74) is 5.98. The molecule has 15 heavy (non-hydrogen) atoms. The van der Waals surface area contributed by atoms with Crippen LogP contribution in [0.5, 0.6) is 0 Å². The number of hydrogen-bond donors (Lipinski definition) is 4. The maximum atomic E-state index is 10.8. The van der Waals surface area contributed by atoms with Gasteiger partial charge in [-0.15, -0.1) is 0 Å². The molecule has 0 aliphatic rings. The molecule has 5 nitrogen and oxygen atoms in total. The second-order valence-electron chi connectivity index (χ2n) is 3.14. The molecule has 80 valence electrons. The molecular weight excluding hydrogens is 194 g/mol. The molecule has 5 heteroatoms. The maximum absolute atomic E-state index is 10.8. The van der Waals surface area contributed by atoms with Crippen molar-refractivity contribution in [2.24, 2.45) is 5.73 Å². The van der Waals surface area contributed by atoms with Gasteiger partial charge in [0.25, 0.3) is 0 Å². The standard InChI is InChI=1S/C10H13N3O2/c11-10(12)13-8(9(14)15)6-7-4-2-1-3-5-7/h1-5,8H,6H2,(H,14,15)(H4,11,12,13)/t8-/m0/s1. The molecule has 1 atom stereocenters. The Hall–Kier alpha value is -2.04. The lowest BCUT2D eigenvalue weighted by Crippen LogP contribution is -2.45. The van der Waals surface area contributed by atoms with Crippen LogP contribution in [0.2, 0.25) is 0 Å². The number of guanidine groups is 1. The van der Waals surface area contributed by atoms with E-state index in [1.165, 1.54) is 0 Å². The number of carboxylic acid groups (broad SMARTS) is 1. The third kappa shape index (κ3) is 3.68. The summed E-state index contributed by atoms with van der Waals surface area (Å²) in [7, 11) is 0. The first-order valence-corrected chi connectivity index (χ1v) is 4.47. The number of hydrogen-bond acceptors (Lipinski definition) is 2. The molecule has 0 aromatic heterocycles. The van der Waals surface area contributed by atoms with Crippen molar-refractivity contribution in [3.8, 4) is 0 Å². The molecule has 1 aromatic rings. The molecule has 0 heterocycles. The molecule has 0 aliphatic carbocycles. The maximum Gasteiger partial charge on any atom is 0.326 e. The topological polar surface area (TPSA) is 99.2 Å². The lowest BCUT2D eigenvalue weighted by Gasteiger charge is -2.13. The van der Waals surface area contributed by atoms with Crippen molar-refractivity contribution >= 4 is 11.9 Å². The average Bonchev–Trinajstić information content (AvgIpc) is 2.17. The summed E-state index contributed by atoms with van der Waals surface area (Å²) in [4.78, 5) is 10.8. The van der Waals surface area contributed by atoms with Crippen LogP contribution in [0.1, 0.15) is 5.56 Å². The fourth-order valence-electron chi connectivity index (χ4n) is 1.24. The summed E-state index contributed by atoms with van der Waals surface area (Å²) in [5.74, 6) is -1.35. The number of aliphatic carboxylic acids is 1. The highest BCUT2D eigenvalue weighted by atomic mass is 16.4. The van der Waals surface area contributed by atoms with Crippen LogP contribution in [0.25, 0.3) is 0 Å². The van der Waals surface area contributed by atoms with Gasteiger partial charge in [-0.1, -0.05) is 30.3 Å². The first-order valence-electron chi connectivity index (χ1n) is 4.47. The minimum absolute atomic E-state index is 0.301. The van der Waals surface area contributed by atoms with Crippen LogP contribution in [0.4, 0.5) is 0 Å². The summed E-state index contributed by atoms with van der Waals surface area (Å²) < 4.78 is 0. The molecule has 0 fully saturated rings. The van der Waals surface area contributed by atoms with E-state index in [2.05, 4.69) is 5.32 Å². The van der Waals surface area contributed by atoms with E-state index in [-0.39, 0.29) is 5.96 Å². The zero-order valence-electron chi connectivity index (χ0n) is 8.10. The highest BCUT2D eigenvalue weighted by molar-refractivity contribution is 5.82. The first kappa shape index (κ1) is 11.0. The number of benzene rings is 1. The molecule has 0 amide bonds. The van der Waals surface area contributed by atoms with Gasteiger partial charge in [0.1, 0.15) is 6.04 Å². The van der Waals surface area contributed by atoms with Crippen molar-refractivity contribution in [3.05, 3.63) is 35.9 Å². The summed E-state index contributed by atoms with van der Waals surface area (Å²) in [6.07, 6.45) is 0.301. The molecule has 0 radical (unpaired) electrons. The van der Waals surface area contributed by atoms with Gasteiger partial charge < -0.3 is 16.2 Å². The largest absolute Gasteiger partial charge is 0.480 e. The van der Waals surface area contributed by atoms with Crippen molar-refractivity contribution < 1.29 is 9.90 Å². The Morgan fingerprint density at radius 3 is 2.53 bits per heavy atom. The molecule has 0 saturated carbocycles. The van der Waals surface area contributed by atoms with E-state index >= 15 is 0 Å². The molecular formula is C10H13N3O2. The molecule has 0 saturated heterocycles. The first-order chi connectivity index (χ1) is 7.09. The van der Waals surface area contributed by atoms with Gasteiger partial charge in [0, 0.05) is 6.42 Å². The van der Waals surface area contributed by atoms with Gasteiger partial charge in [-0.25, -0.2) is 4.79 Å². The molecule has 5 N–H and O–H groups in total. The Kier molecular flexibility index (Phi) is 3.68. The van der Waals surface area contributed by atoms with Crippen molar-refractivity contribution in [3.63, 3.8) is 0 Å². The monoisotopic (exact) mass is 207 g/mol. The van der Waals surface area contributed by atoms with Gasteiger partial charge >= 0.3 is 5.97 Å². The van der Waals surface area contributed by atoms with Gasteiger partial charge in [-0.2, -0.15) is 0 Å². The summed E-state index contributed by atoms with van der Waals surface area (Å²) in [6.45, 7) is 0. The molecule has 0 aliphatic heterocycles.